The molecule has 0 amide bonds. The van der Waals surface area contributed by atoms with E-state index in [1.807, 2.05) is 22.8 Å². The largest absolute Gasteiger partial charge is 0.508 e. The molecular weight excluding hydrogens is 308 g/mol. The highest BCUT2D eigenvalue weighted by Gasteiger charge is 2.12. The Hall–Kier alpha value is -3.19. The van der Waals surface area contributed by atoms with Crippen molar-refractivity contribution in [3.8, 4) is 28.6 Å². The highest BCUT2D eigenvalue weighted by atomic mass is 16.5. The van der Waals surface area contributed by atoms with Crippen LogP contribution in [-0.4, -0.2) is 36.5 Å². The number of aliphatic hydroxyl groups is 1. The van der Waals surface area contributed by atoms with Crippen molar-refractivity contribution >= 4 is 11.0 Å². The molecule has 0 fully saturated rings. The van der Waals surface area contributed by atoms with Crippen molar-refractivity contribution in [3.05, 3.63) is 48.8 Å². The van der Waals surface area contributed by atoms with E-state index in [-0.39, 0.29) is 12.4 Å². The molecule has 0 saturated carbocycles. The molecule has 4 aromatic rings. The van der Waals surface area contributed by atoms with Crippen molar-refractivity contribution in [1.29, 1.82) is 0 Å². The van der Waals surface area contributed by atoms with Crippen LogP contribution in [0.1, 0.15) is 0 Å². The Morgan fingerprint density at radius 2 is 1.83 bits per heavy atom. The summed E-state index contributed by atoms with van der Waals surface area (Å²) in [7, 11) is 0. The third-order valence-corrected chi connectivity index (χ3v) is 3.76. The summed E-state index contributed by atoms with van der Waals surface area (Å²) < 4.78 is 7.22. The summed E-state index contributed by atoms with van der Waals surface area (Å²) >= 11 is 0. The van der Waals surface area contributed by atoms with Crippen LogP contribution in [0.3, 0.4) is 0 Å². The van der Waals surface area contributed by atoms with Gasteiger partial charge in [0, 0.05) is 17.7 Å². The first-order chi connectivity index (χ1) is 11.7. The molecule has 0 aliphatic heterocycles. The normalized spacial score (nSPS) is 11.2. The molecule has 2 aromatic carbocycles. The number of fused-ring (bicyclic) bond motifs is 1. The fourth-order valence-electron chi connectivity index (χ4n) is 2.55. The number of imidazole rings is 1. The van der Waals surface area contributed by atoms with Crippen LogP contribution in [0.2, 0.25) is 0 Å². The van der Waals surface area contributed by atoms with Gasteiger partial charge in [0.15, 0.2) is 0 Å². The van der Waals surface area contributed by atoms with E-state index in [4.69, 9.17) is 9.63 Å². The average Bonchev–Trinajstić information content (AvgIpc) is 3.23. The zero-order chi connectivity index (χ0) is 16.5. The van der Waals surface area contributed by atoms with Crippen LogP contribution in [0.4, 0.5) is 0 Å². The maximum absolute atomic E-state index is 9.34. The fourth-order valence-corrected chi connectivity index (χ4v) is 2.55. The lowest BCUT2D eigenvalue weighted by Gasteiger charge is -2.00. The van der Waals surface area contributed by atoms with E-state index in [2.05, 4.69) is 15.1 Å². The highest BCUT2D eigenvalue weighted by molar-refractivity contribution is 5.80. The van der Waals surface area contributed by atoms with Crippen LogP contribution >= 0.6 is 0 Å². The Kier molecular flexibility index (Phi) is 3.47. The van der Waals surface area contributed by atoms with Crippen molar-refractivity contribution in [3.63, 3.8) is 0 Å². The molecule has 24 heavy (non-hydrogen) atoms. The predicted molar refractivity (Wildman–Crippen MR) is 87.2 cm³/mol. The molecule has 0 bridgehead atoms. The topological polar surface area (TPSA) is 97.2 Å². The first-order valence-electron chi connectivity index (χ1n) is 7.44. The molecule has 0 saturated heterocycles. The number of rotatable bonds is 4. The summed E-state index contributed by atoms with van der Waals surface area (Å²) in [5, 5.41) is 22.4. The maximum Gasteiger partial charge on any atom is 0.258 e. The number of phenolic OH excluding ortho intramolecular Hbond substituents is 1. The first kappa shape index (κ1) is 14.4. The molecule has 2 aromatic heterocycles. The number of hydrogen-bond donors (Lipinski definition) is 2. The van der Waals surface area contributed by atoms with Gasteiger partial charge in [0.2, 0.25) is 5.82 Å². The number of benzene rings is 2. The molecule has 2 heterocycles. The van der Waals surface area contributed by atoms with Gasteiger partial charge in [-0.05, 0) is 42.5 Å². The summed E-state index contributed by atoms with van der Waals surface area (Å²) in [5.74, 6) is 1.04. The number of aliphatic hydroxyl groups excluding tert-OH is 1. The van der Waals surface area contributed by atoms with E-state index in [9.17, 15) is 5.11 Å². The minimum absolute atomic E-state index is 0.0624. The molecule has 0 aliphatic carbocycles. The van der Waals surface area contributed by atoms with E-state index in [0.717, 1.165) is 22.2 Å². The molecule has 120 valence electrons. The van der Waals surface area contributed by atoms with Crippen molar-refractivity contribution in [2.75, 3.05) is 6.61 Å². The molecule has 0 aliphatic rings. The lowest BCUT2D eigenvalue weighted by molar-refractivity contribution is 0.278. The van der Waals surface area contributed by atoms with Gasteiger partial charge in [0.25, 0.3) is 5.89 Å². The number of aromatic nitrogens is 4. The second-order valence-corrected chi connectivity index (χ2v) is 5.34. The minimum atomic E-state index is 0.0624. The van der Waals surface area contributed by atoms with Gasteiger partial charge in [-0.1, -0.05) is 5.16 Å². The van der Waals surface area contributed by atoms with Gasteiger partial charge in [-0.15, -0.1) is 0 Å². The Balaban J connectivity index is 1.69. The first-order valence-corrected chi connectivity index (χ1v) is 7.44. The lowest BCUT2D eigenvalue weighted by Crippen LogP contribution is -1.99. The summed E-state index contributed by atoms with van der Waals surface area (Å²) in [5.41, 5.74) is 3.27. The molecule has 4 rings (SSSR count). The summed E-state index contributed by atoms with van der Waals surface area (Å²) in [6.45, 7) is 0.564. The van der Waals surface area contributed by atoms with Gasteiger partial charge in [0.1, 0.15) is 5.75 Å². The maximum atomic E-state index is 9.34. The number of aromatic hydroxyl groups is 1. The van der Waals surface area contributed by atoms with E-state index in [0.29, 0.717) is 18.3 Å². The van der Waals surface area contributed by atoms with Gasteiger partial charge in [-0.25, -0.2) is 4.98 Å². The Labute approximate surface area is 136 Å². The van der Waals surface area contributed by atoms with Gasteiger partial charge in [0.05, 0.1) is 24.0 Å². The highest BCUT2D eigenvalue weighted by Crippen LogP contribution is 2.26. The van der Waals surface area contributed by atoms with Crippen molar-refractivity contribution in [1.82, 2.24) is 19.7 Å². The van der Waals surface area contributed by atoms with Gasteiger partial charge < -0.3 is 19.3 Å². The van der Waals surface area contributed by atoms with Crippen molar-refractivity contribution in [2.45, 2.75) is 6.54 Å². The average molecular weight is 322 g/mol. The number of phenols is 1. The molecule has 7 nitrogen and oxygen atoms in total. The zero-order valence-electron chi connectivity index (χ0n) is 12.6. The second-order valence-electron chi connectivity index (χ2n) is 5.34. The molecule has 2 N–H and O–H groups in total. The van der Waals surface area contributed by atoms with Crippen LogP contribution in [0.5, 0.6) is 5.75 Å². The lowest BCUT2D eigenvalue weighted by atomic mass is 10.2. The standard InChI is InChI=1S/C17H14N4O3/c22-8-7-21-10-18-14-9-12(3-6-15(14)21)17-19-16(20-24-17)11-1-4-13(23)5-2-11/h1-6,9-10,22-23H,7-8H2. The molecule has 0 unspecified atom stereocenters. The number of nitrogens with zero attached hydrogens (tertiary/aromatic N) is 4. The molecule has 0 spiro atoms. The van der Waals surface area contributed by atoms with Crippen molar-refractivity contribution in [2.24, 2.45) is 0 Å². The smallest absolute Gasteiger partial charge is 0.258 e. The second kappa shape index (κ2) is 5.78. The van der Waals surface area contributed by atoms with Gasteiger partial charge in [-0.3, -0.25) is 0 Å². The third-order valence-electron chi connectivity index (χ3n) is 3.76. The Morgan fingerprint density at radius 3 is 2.62 bits per heavy atom. The monoisotopic (exact) mass is 322 g/mol. The quantitative estimate of drug-likeness (QED) is 0.599. The number of hydrogen-bond acceptors (Lipinski definition) is 6. The van der Waals surface area contributed by atoms with E-state index in [1.54, 1.807) is 30.6 Å². The molecule has 7 heteroatoms. The summed E-state index contributed by atoms with van der Waals surface area (Å²) in [4.78, 5) is 8.73. The van der Waals surface area contributed by atoms with Crippen LogP contribution in [0.25, 0.3) is 33.9 Å². The van der Waals surface area contributed by atoms with Crippen LogP contribution < -0.4 is 0 Å². The van der Waals surface area contributed by atoms with Crippen molar-refractivity contribution < 1.29 is 14.7 Å². The zero-order valence-corrected chi connectivity index (χ0v) is 12.6. The van der Waals surface area contributed by atoms with E-state index < -0.39 is 0 Å². The van der Waals surface area contributed by atoms with Crippen LogP contribution in [0.15, 0.2) is 53.3 Å². The summed E-state index contributed by atoms with van der Waals surface area (Å²) in [6, 6.07) is 12.3. The fraction of sp³-hybridized carbons (Fsp3) is 0.118. The van der Waals surface area contributed by atoms with Gasteiger partial charge in [-0.2, -0.15) is 4.98 Å². The minimum Gasteiger partial charge on any atom is -0.508 e. The third kappa shape index (κ3) is 2.50. The molecule has 0 radical (unpaired) electrons. The predicted octanol–water partition coefficient (Wildman–Crippen LogP) is 2.45. The van der Waals surface area contributed by atoms with E-state index in [1.165, 1.54) is 0 Å². The Bertz CT molecular complexity index is 989. The Morgan fingerprint density at radius 1 is 1.04 bits per heavy atom. The summed E-state index contributed by atoms with van der Waals surface area (Å²) in [6.07, 6.45) is 1.69. The van der Waals surface area contributed by atoms with Crippen LogP contribution in [0, 0.1) is 0 Å². The van der Waals surface area contributed by atoms with Crippen LogP contribution in [-0.2, 0) is 6.54 Å². The molecule has 0 atom stereocenters. The van der Waals surface area contributed by atoms with Gasteiger partial charge >= 0.3 is 0 Å². The van der Waals surface area contributed by atoms with E-state index >= 15 is 0 Å². The SMILES string of the molecule is OCCn1cnc2cc(-c3nc(-c4ccc(O)cc4)no3)ccc21. The molecular formula is C17H14N4O3.